The Hall–Kier alpha value is -0.0200. The number of hydrogen-bond donors (Lipinski definition) is 1. The van der Waals surface area contributed by atoms with Crippen molar-refractivity contribution in [2.24, 2.45) is 0 Å². The van der Waals surface area contributed by atoms with Gasteiger partial charge in [-0.05, 0) is 23.8 Å². The van der Waals surface area contributed by atoms with Gasteiger partial charge in [-0.2, -0.15) is 0 Å². The minimum Gasteiger partial charge on any atom is -0.308 e. The summed E-state index contributed by atoms with van der Waals surface area (Å²) in [6.45, 7) is 5.12. The van der Waals surface area contributed by atoms with Gasteiger partial charge in [0, 0.05) is 27.6 Å². The van der Waals surface area contributed by atoms with E-state index in [-0.39, 0.29) is 0 Å². The fourth-order valence-corrected chi connectivity index (χ4v) is 1.59. The zero-order valence-corrected chi connectivity index (χ0v) is 10.6. The van der Waals surface area contributed by atoms with Crippen LogP contribution in [0.1, 0.15) is 5.56 Å². The van der Waals surface area contributed by atoms with Crippen molar-refractivity contribution in [3.63, 3.8) is 0 Å². The second-order valence-corrected chi connectivity index (χ2v) is 4.82. The van der Waals surface area contributed by atoms with Crippen LogP contribution in [0.2, 0.25) is 10.0 Å². The highest BCUT2D eigenvalue weighted by Gasteiger charge is 2.00. The molecule has 0 aliphatic rings. The third-order valence-corrected chi connectivity index (χ3v) is 2.52. The fraction of sp³-hybridized carbons (Fsp3) is 0.200. The summed E-state index contributed by atoms with van der Waals surface area (Å²) in [6, 6.07) is 5.43. The largest absolute Gasteiger partial charge is 0.308 e. The van der Waals surface area contributed by atoms with Gasteiger partial charge in [-0.1, -0.05) is 45.7 Å². The normalized spacial score (nSPS) is 10.2. The van der Waals surface area contributed by atoms with Gasteiger partial charge < -0.3 is 5.32 Å². The summed E-state index contributed by atoms with van der Waals surface area (Å²) in [5.74, 6) is 0. The molecule has 0 atom stereocenters. The van der Waals surface area contributed by atoms with Crippen molar-refractivity contribution in [3.05, 3.63) is 44.9 Å². The summed E-state index contributed by atoms with van der Waals surface area (Å²) in [7, 11) is 0. The Morgan fingerprint density at radius 1 is 1.43 bits per heavy atom. The molecule has 1 N–H and O–H groups in total. The van der Waals surface area contributed by atoms with E-state index in [0.717, 1.165) is 15.1 Å². The summed E-state index contributed by atoms with van der Waals surface area (Å²) >= 11 is 15.1. The summed E-state index contributed by atoms with van der Waals surface area (Å²) < 4.78 is 0.913. The summed E-state index contributed by atoms with van der Waals surface area (Å²) in [6.07, 6.45) is 0. The van der Waals surface area contributed by atoms with E-state index in [1.807, 2.05) is 6.07 Å². The van der Waals surface area contributed by atoms with Crippen LogP contribution in [0, 0.1) is 0 Å². The average molecular weight is 295 g/mol. The van der Waals surface area contributed by atoms with Gasteiger partial charge >= 0.3 is 0 Å². The van der Waals surface area contributed by atoms with Gasteiger partial charge in [0.1, 0.15) is 0 Å². The van der Waals surface area contributed by atoms with E-state index < -0.39 is 0 Å². The Labute approximate surface area is 102 Å². The maximum absolute atomic E-state index is 5.98. The topological polar surface area (TPSA) is 12.0 Å². The van der Waals surface area contributed by atoms with E-state index >= 15 is 0 Å². The van der Waals surface area contributed by atoms with Gasteiger partial charge in [0.15, 0.2) is 0 Å². The summed E-state index contributed by atoms with van der Waals surface area (Å²) in [4.78, 5) is 0. The van der Waals surface area contributed by atoms with Crippen molar-refractivity contribution < 1.29 is 0 Å². The van der Waals surface area contributed by atoms with Crippen molar-refractivity contribution in [1.82, 2.24) is 5.32 Å². The SMILES string of the molecule is C=C(Br)CNCc1cc(Cl)ccc1Cl. The first-order valence-corrected chi connectivity index (χ1v) is 5.62. The van der Waals surface area contributed by atoms with Gasteiger partial charge in [0.25, 0.3) is 0 Å². The van der Waals surface area contributed by atoms with Crippen LogP contribution >= 0.6 is 39.1 Å². The van der Waals surface area contributed by atoms with Crippen LogP contribution in [-0.4, -0.2) is 6.54 Å². The van der Waals surface area contributed by atoms with Gasteiger partial charge in [0.05, 0.1) is 0 Å². The molecular weight excluding hydrogens is 285 g/mol. The molecule has 4 heteroatoms. The molecular formula is C10H10BrCl2N. The van der Waals surface area contributed by atoms with Crippen molar-refractivity contribution in [2.45, 2.75) is 6.54 Å². The lowest BCUT2D eigenvalue weighted by Crippen LogP contribution is -2.14. The molecule has 0 heterocycles. The van der Waals surface area contributed by atoms with Crippen LogP contribution in [0.3, 0.4) is 0 Å². The first-order valence-electron chi connectivity index (χ1n) is 4.07. The molecule has 1 nitrogen and oxygen atoms in total. The minimum absolute atomic E-state index is 0.685. The number of nitrogens with one attached hydrogen (secondary N) is 1. The quantitative estimate of drug-likeness (QED) is 0.885. The lowest BCUT2D eigenvalue weighted by atomic mass is 10.2. The summed E-state index contributed by atoms with van der Waals surface area (Å²) in [5, 5.41) is 4.60. The van der Waals surface area contributed by atoms with Crippen LogP contribution in [0.4, 0.5) is 0 Å². The predicted molar refractivity (Wildman–Crippen MR) is 66.2 cm³/mol. The molecule has 0 aliphatic heterocycles. The van der Waals surface area contributed by atoms with E-state index in [4.69, 9.17) is 23.2 Å². The second-order valence-electron chi connectivity index (χ2n) is 2.86. The molecule has 0 fully saturated rings. The molecule has 0 amide bonds. The van der Waals surface area contributed by atoms with Gasteiger partial charge in [-0.15, -0.1) is 0 Å². The highest BCUT2D eigenvalue weighted by Crippen LogP contribution is 2.20. The third-order valence-electron chi connectivity index (χ3n) is 1.64. The van der Waals surface area contributed by atoms with E-state index in [0.29, 0.717) is 18.1 Å². The van der Waals surface area contributed by atoms with E-state index in [2.05, 4.69) is 27.8 Å². The lowest BCUT2D eigenvalue weighted by molar-refractivity contribution is 0.757. The Kier molecular flexibility index (Phi) is 4.96. The van der Waals surface area contributed by atoms with Crippen molar-refractivity contribution in [1.29, 1.82) is 0 Å². The first-order chi connectivity index (χ1) is 6.59. The van der Waals surface area contributed by atoms with E-state index in [9.17, 15) is 0 Å². The van der Waals surface area contributed by atoms with Crippen LogP contribution < -0.4 is 5.32 Å². The molecule has 0 bridgehead atoms. The maximum Gasteiger partial charge on any atom is 0.0451 e. The molecule has 0 unspecified atom stereocenters. The molecule has 1 aromatic rings. The third kappa shape index (κ3) is 4.01. The van der Waals surface area contributed by atoms with Crippen molar-refractivity contribution in [2.75, 3.05) is 6.54 Å². The fourth-order valence-electron chi connectivity index (χ4n) is 1.01. The predicted octanol–water partition coefficient (Wildman–Crippen LogP) is 3.99. The first kappa shape index (κ1) is 12.1. The molecule has 1 aromatic carbocycles. The Bertz CT molecular complexity index is 339. The maximum atomic E-state index is 5.98. The number of benzene rings is 1. The van der Waals surface area contributed by atoms with E-state index in [1.165, 1.54) is 0 Å². The number of hydrogen-bond acceptors (Lipinski definition) is 1. The zero-order chi connectivity index (χ0) is 10.6. The molecule has 0 aromatic heterocycles. The zero-order valence-electron chi connectivity index (χ0n) is 7.49. The smallest absolute Gasteiger partial charge is 0.0451 e. The van der Waals surface area contributed by atoms with Crippen molar-refractivity contribution >= 4 is 39.1 Å². The van der Waals surface area contributed by atoms with Crippen molar-refractivity contribution in [3.8, 4) is 0 Å². The van der Waals surface area contributed by atoms with Gasteiger partial charge in [-0.25, -0.2) is 0 Å². The summed E-state index contributed by atoms with van der Waals surface area (Å²) in [5.41, 5.74) is 0.993. The van der Waals surface area contributed by atoms with Crippen LogP contribution in [0.5, 0.6) is 0 Å². The monoisotopic (exact) mass is 293 g/mol. The van der Waals surface area contributed by atoms with Gasteiger partial charge in [0.2, 0.25) is 0 Å². The molecule has 0 spiro atoms. The molecule has 0 saturated carbocycles. The highest BCUT2D eigenvalue weighted by molar-refractivity contribution is 9.11. The molecule has 76 valence electrons. The average Bonchev–Trinajstić information content (AvgIpc) is 2.10. The number of rotatable bonds is 4. The highest BCUT2D eigenvalue weighted by atomic mass is 79.9. The molecule has 0 aliphatic carbocycles. The van der Waals surface area contributed by atoms with Crippen LogP contribution in [0.15, 0.2) is 29.3 Å². The number of halogens is 3. The lowest BCUT2D eigenvalue weighted by Gasteiger charge is -2.06. The van der Waals surface area contributed by atoms with Gasteiger partial charge in [-0.3, -0.25) is 0 Å². The molecule has 1 rings (SSSR count). The van der Waals surface area contributed by atoms with Crippen LogP contribution in [-0.2, 0) is 6.54 Å². The second kappa shape index (κ2) is 5.76. The molecule has 0 saturated heterocycles. The standard InChI is InChI=1S/C10H10BrCl2N/c1-7(11)5-14-6-8-4-9(12)2-3-10(8)13/h2-4,14H,1,5-6H2. The Balaban J connectivity index is 2.57. The minimum atomic E-state index is 0.685. The van der Waals surface area contributed by atoms with Crippen LogP contribution in [0.25, 0.3) is 0 Å². The molecule has 14 heavy (non-hydrogen) atoms. The Morgan fingerprint density at radius 3 is 2.79 bits per heavy atom. The Morgan fingerprint density at radius 2 is 2.14 bits per heavy atom. The van der Waals surface area contributed by atoms with E-state index in [1.54, 1.807) is 12.1 Å². The molecule has 0 radical (unpaired) electrons.